The van der Waals surface area contributed by atoms with E-state index in [0.717, 1.165) is 11.3 Å². The van der Waals surface area contributed by atoms with E-state index in [0.29, 0.717) is 29.8 Å². The van der Waals surface area contributed by atoms with Gasteiger partial charge in [-0.15, -0.1) is 0 Å². The van der Waals surface area contributed by atoms with Gasteiger partial charge in [-0.3, -0.25) is 0 Å². The van der Waals surface area contributed by atoms with Crippen molar-refractivity contribution in [1.29, 1.82) is 0 Å². The molecule has 4 heteroatoms. The fourth-order valence-corrected chi connectivity index (χ4v) is 2.18. The highest BCUT2D eigenvalue weighted by atomic mass is 35.5. The summed E-state index contributed by atoms with van der Waals surface area (Å²) in [6.07, 6.45) is 0.601. The van der Waals surface area contributed by atoms with Crippen LogP contribution in [0.2, 0.25) is 5.22 Å². The molecule has 3 aromatic rings. The molecule has 2 aromatic carbocycles. The first kappa shape index (κ1) is 13.7. The molecule has 0 unspecified atom stereocenters. The lowest BCUT2D eigenvalue weighted by atomic mass is 10.2. The Morgan fingerprint density at radius 1 is 0.952 bits per heavy atom. The molecule has 0 bridgehead atoms. The SMILES string of the molecule is Clc1oc(-c2ccccc2)nc1CCOc1ccccc1. The average Bonchev–Trinajstić information content (AvgIpc) is 2.91. The summed E-state index contributed by atoms with van der Waals surface area (Å²) in [6.45, 7) is 0.504. The lowest BCUT2D eigenvalue weighted by Crippen LogP contribution is -2.01. The maximum Gasteiger partial charge on any atom is 0.228 e. The van der Waals surface area contributed by atoms with E-state index in [2.05, 4.69) is 4.98 Å². The second kappa shape index (κ2) is 6.46. The molecule has 0 aliphatic rings. The van der Waals surface area contributed by atoms with Gasteiger partial charge in [0.2, 0.25) is 11.1 Å². The summed E-state index contributed by atoms with van der Waals surface area (Å²) in [6, 6.07) is 19.4. The Morgan fingerprint density at radius 3 is 2.33 bits per heavy atom. The van der Waals surface area contributed by atoms with Crippen molar-refractivity contribution in [2.45, 2.75) is 6.42 Å². The summed E-state index contributed by atoms with van der Waals surface area (Å²) in [5.41, 5.74) is 1.63. The molecule has 0 saturated carbocycles. The van der Waals surface area contributed by atoms with Crippen molar-refractivity contribution in [2.24, 2.45) is 0 Å². The topological polar surface area (TPSA) is 35.3 Å². The molecule has 0 aliphatic heterocycles. The number of hydrogen-bond donors (Lipinski definition) is 0. The van der Waals surface area contributed by atoms with Gasteiger partial charge in [0.1, 0.15) is 11.4 Å². The third kappa shape index (κ3) is 3.44. The average molecular weight is 300 g/mol. The number of oxazole rings is 1. The van der Waals surface area contributed by atoms with E-state index >= 15 is 0 Å². The van der Waals surface area contributed by atoms with Crippen molar-refractivity contribution >= 4 is 11.6 Å². The van der Waals surface area contributed by atoms with Crippen molar-refractivity contribution < 1.29 is 9.15 Å². The number of halogens is 1. The molecule has 0 amide bonds. The maximum atomic E-state index is 6.09. The standard InChI is InChI=1S/C17H14ClNO2/c18-16-15(11-12-20-14-9-5-2-6-10-14)19-17(21-16)13-7-3-1-4-8-13/h1-10H,11-12H2. The Morgan fingerprint density at radius 2 is 1.62 bits per heavy atom. The van der Waals surface area contributed by atoms with Gasteiger partial charge in [-0.1, -0.05) is 36.4 Å². The third-order valence-electron chi connectivity index (χ3n) is 3.02. The van der Waals surface area contributed by atoms with Gasteiger partial charge in [0.05, 0.1) is 6.61 Å². The molecule has 1 heterocycles. The van der Waals surface area contributed by atoms with Crippen LogP contribution >= 0.6 is 11.6 Å². The number of para-hydroxylation sites is 1. The van der Waals surface area contributed by atoms with Crippen LogP contribution in [0.25, 0.3) is 11.5 Å². The second-order valence-corrected chi connectivity index (χ2v) is 4.86. The number of hydrogen-bond acceptors (Lipinski definition) is 3. The predicted molar refractivity (Wildman–Crippen MR) is 82.6 cm³/mol. The van der Waals surface area contributed by atoms with Crippen LogP contribution in [0.15, 0.2) is 65.1 Å². The molecule has 0 N–H and O–H groups in total. The van der Waals surface area contributed by atoms with Crippen molar-refractivity contribution in [3.63, 3.8) is 0 Å². The van der Waals surface area contributed by atoms with Gasteiger partial charge in [-0.25, -0.2) is 4.98 Å². The molecule has 0 saturated heterocycles. The number of benzene rings is 2. The van der Waals surface area contributed by atoms with Gasteiger partial charge >= 0.3 is 0 Å². The molecule has 0 spiro atoms. The highest BCUT2D eigenvalue weighted by Crippen LogP contribution is 2.25. The predicted octanol–water partition coefficient (Wildman–Crippen LogP) is 4.62. The summed E-state index contributed by atoms with van der Waals surface area (Å²) >= 11 is 6.09. The smallest absolute Gasteiger partial charge is 0.228 e. The molecule has 0 aliphatic carbocycles. The largest absolute Gasteiger partial charge is 0.493 e. The van der Waals surface area contributed by atoms with E-state index in [9.17, 15) is 0 Å². The van der Waals surface area contributed by atoms with Crippen LogP contribution in [-0.2, 0) is 6.42 Å². The first-order chi connectivity index (χ1) is 10.3. The molecule has 3 nitrogen and oxygen atoms in total. The van der Waals surface area contributed by atoms with Crippen LogP contribution in [0.1, 0.15) is 5.69 Å². The first-order valence-corrected chi connectivity index (χ1v) is 7.09. The van der Waals surface area contributed by atoms with Crippen LogP contribution in [0, 0.1) is 0 Å². The van der Waals surface area contributed by atoms with Crippen molar-refractivity contribution in [2.75, 3.05) is 6.61 Å². The molecule has 0 fully saturated rings. The lowest BCUT2D eigenvalue weighted by molar-refractivity contribution is 0.320. The summed E-state index contributed by atoms with van der Waals surface area (Å²) in [5.74, 6) is 1.37. The highest BCUT2D eigenvalue weighted by molar-refractivity contribution is 6.29. The minimum atomic E-state index is 0.325. The first-order valence-electron chi connectivity index (χ1n) is 6.71. The molecule has 3 rings (SSSR count). The zero-order chi connectivity index (χ0) is 14.5. The Bertz CT molecular complexity index is 695. The molecule has 0 radical (unpaired) electrons. The molecule has 106 valence electrons. The molecule has 21 heavy (non-hydrogen) atoms. The number of aromatic nitrogens is 1. The van der Waals surface area contributed by atoms with Crippen LogP contribution in [0.5, 0.6) is 5.75 Å². The van der Waals surface area contributed by atoms with Gasteiger partial charge < -0.3 is 9.15 Å². The van der Waals surface area contributed by atoms with Gasteiger partial charge in [0, 0.05) is 12.0 Å². The minimum Gasteiger partial charge on any atom is -0.493 e. The Labute approximate surface area is 128 Å². The third-order valence-corrected chi connectivity index (χ3v) is 3.32. The molecule has 0 atom stereocenters. The molecular formula is C17H14ClNO2. The zero-order valence-corrected chi connectivity index (χ0v) is 12.1. The van der Waals surface area contributed by atoms with E-state index < -0.39 is 0 Å². The van der Waals surface area contributed by atoms with Crippen LogP contribution in [-0.4, -0.2) is 11.6 Å². The lowest BCUT2D eigenvalue weighted by Gasteiger charge is -2.03. The number of ether oxygens (including phenoxy) is 1. The summed E-state index contributed by atoms with van der Waals surface area (Å²) in [7, 11) is 0. The van der Waals surface area contributed by atoms with Crippen LogP contribution < -0.4 is 4.74 Å². The van der Waals surface area contributed by atoms with E-state index in [-0.39, 0.29) is 0 Å². The number of nitrogens with zero attached hydrogens (tertiary/aromatic N) is 1. The van der Waals surface area contributed by atoms with Gasteiger partial charge in [-0.2, -0.15) is 0 Å². The van der Waals surface area contributed by atoms with Gasteiger partial charge in [-0.05, 0) is 35.9 Å². The van der Waals surface area contributed by atoms with Gasteiger partial charge in [0.15, 0.2) is 0 Å². The van der Waals surface area contributed by atoms with Crippen molar-refractivity contribution in [1.82, 2.24) is 4.98 Å². The fraction of sp³-hybridized carbons (Fsp3) is 0.118. The van der Waals surface area contributed by atoms with E-state index in [4.69, 9.17) is 20.8 Å². The van der Waals surface area contributed by atoms with Crippen molar-refractivity contribution in [3.05, 3.63) is 71.6 Å². The fourth-order valence-electron chi connectivity index (χ4n) is 1.97. The maximum absolute atomic E-state index is 6.09. The van der Waals surface area contributed by atoms with Crippen LogP contribution in [0.3, 0.4) is 0 Å². The zero-order valence-electron chi connectivity index (χ0n) is 11.3. The van der Waals surface area contributed by atoms with E-state index in [1.807, 2.05) is 60.7 Å². The van der Waals surface area contributed by atoms with E-state index in [1.54, 1.807) is 0 Å². The summed E-state index contributed by atoms with van der Waals surface area (Å²) in [5, 5.41) is 0.325. The van der Waals surface area contributed by atoms with Crippen LogP contribution in [0.4, 0.5) is 0 Å². The summed E-state index contributed by atoms with van der Waals surface area (Å²) < 4.78 is 11.1. The monoisotopic (exact) mass is 299 g/mol. The second-order valence-electron chi connectivity index (χ2n) is 4.52. The molecule has 1 aromatic heterocycles. The summed E-state index contributed by atoms with van der Waals surface area (Å²) in [4.78, 5) is 4.43. The Kier molecular flexibility index (Phi) is 4.22. The number of rotatable bonds is 5. The molecular weight excluding hydrogens is 286 g/mol. The van der Waals surface area contributed by atoms with E-state index in [1.165, 1.54) is 0 Å². The quantitative estimate of drug-likeness (QED) is 0.690. The van der Waals surface area contributed by atoms with Gasteiger partial charge in [0.25, 0.3) is 0 Å². The Hall–Kier alpha value is -2.26. The minimum absolute atomic E-state index is 0.325. The van der Waals surface area contributed by atoms with Crippen molar-refractivity contribution in [3.8, 4) is 17.2 Å². The Balaban J connectivity index is 1.65. The normalized spacial score (nSPS) is 10.5. The highest BCUT2D eigenvalue weighted by Gasteiger charge is 2.12.